The first-order valence-corrected chi connectivity index (χ1v) is 9.18. The van der Waals surface area contributed by atoms with Gasteiger partial charge >= 0.3 is 6.03 Å². The van der Waals surface area contributed by atoms with Crippen LogP contribution in [0.3, 0.4) is 0 Å². The number of nitrogens with zero attached hydrogens (tertiary/aromatic N) is 1. The molecule has 1 aromatic rings. The number of anilines is 1. The Balaban J connectivity index is 1.59. The molecule has 0 aliphatic carbocycles. The molecule has 3 rings (SSSR count). The van der Waals surface area contributed by atoms with E-state index in [-0.39, 0.29) is 23.2 Å². The number of thioether (sulfide) groups is 1. The molecule has 2 aliphatic heterocycles. The van der Waals surface area contributed by atoms with Gasteiger partial charge in [-0.3, -0.25) is 4.79 Å². The van der Waals surface area contributed by atoms with Crippen molar-refractivity contribution in [2.75, 3.05) is 23.4 Å². The predicted octanol–water partition coefficient (Wildman–Crippen LogP) is 1.95. The van der Waals surface area contributed by atoms with Crippen LogP contribution >= 0.6 is 11.8 Å². The molecule has 1 atom stereocenters. The first kappa shape index (κ1) is 16.4. The van der Waals surface area contributed by atoms with Gasteiger partial charge in [-0.2, -0.15) is 11.8 Å². The van der Waals surface area contributed by atoms with E-state index in [1.807, 2.05) is 11.8 Å². The van der Waals surface area contributed by atoms with Crippen molar-refractivity contribution in [1.82, 2.24) is 9.88 Å². The van der Waals surface area contributed by atoms with Crippen molar-refractivity contribution in [2.24, 2.45) is 7.05 Å². The molecular formula is C16H23N3O3S. The fraction of sp³-hybridized carbons (Fsp3) is 0.625. The number of hydrogen-bond acceptors (Lipinski definition) is 4. The van der Waals surface area contributed by atoms with Crippen molar-refractivity contribution in [3.8, 4) is 0 Å². The Morgan fingerprint density at radius 2 is 2.22 bits per heavy atom. The molecule has 1 unspecified atom stereocenters. The Hall–Kier alpha value is -1.47. The van der Waals surface area contributed by atoms with Crippen LogP contribution in [0, 0.1) is 0 Å². The number of aryl methyl sites for hydroxylation is 1. The number of hydrogen-bond donors (Lipinski definition) is 2. The van der Waals surface area contributed by atoms with Gasteiger partial charge in [-0.1, -0.05) is 0 Å². The molecule has 2 fully saturated rings. The largest absolute Gasteiger partial charge is 0.375 e. The molecule has 0 radical (unpaired) electrons. The molecule has 2 N–H and O–H groups in total. The Morgan fingerprint density at radius 3 is 3.00 bits per heavy atom. The van der Waals surface area contributed by atoms with Gasteiger partial charge in [-0.15, -0.1) is 0 Å². The van der Waals surface area contributed by atoms with Crippen molar-refractivity contribution in [2.45, 2.75) is 37.3 Å². The van der Waals surface area contributed by atoms with Crippen molar-refractivity contribution < 1.29 is 9.53 Å². The summed E-state index contributed by atoms with van der Waals surface area (Å²) in [6.45, 7) is 0.683. The lowest BCUT2D eigenvalue weighted by atomic mass is 9.85. The van der Waals surface area contributed by atoms with Gasteiger partial charge in [0, 0.05) is 25.9 Å². The molecule has 1 aromatic heterocycles. The normalized spacial score (nSPS) is 23.4. The molecule has 7 heteroatoms. The van der Waals surface area contributed by atoms with Gasteiger partial charge in [-0.25, -0.2) is 4.79 Å². The van der Waals surface area contributed by atoms with Crippen LogP contribution in [0.4, 0.5) is 10.5 Å². The van der Waals surface area contributed by atoms with E-state index in [9.17, 15) is 9.59 Å². The SMILES string of the molecule is Cn1cccc(NC(=O)NC2CCOC3(CCSCC3)C2)c1=O. The molecule has 23 heavy (non-hydrogen) atoms. The third-order valence-corrected chi connectivity index (χ3v) is 5.59. The van der Waals surface area contributed by atoms with Crippen LogP contribution < -0.4 is 16.2 Å². The summed E-state index contributed by atoms with van der Waals surface area (Å²) in [7, 11) is 1.66. The van der Waals surface area contributed by atoms with Crippen LogP contribution in [-0.4, -0.2) is 40.4 Å². The molecule has 0 bridgehead atoms. The summed E-state index contributed by atoms with van der Waals surface area (Å²) in [5, 5.41) is 5.66. The summed E-state index contributed by atoms with van der Waals surface area (Å²) >= 11 is 1.97. The van der Waals surface area contributed by atoms with E-state index in [4.69, 9.17) is 4.74 Å². The summed E-state index contributed by atoms with van der Waals surface area (Å²) in [5.74, 6) is 2.25. The number of nitrogens with one attached hydrogen (secondary N) is 2. The van der Waals surface area contributed by atoms with Gasteiger partial charge in [-0.05, 0) is 49.3 Å². The second kappa shape index (κ2) is 6.97. The maximum Gasteiger partial charge on any atom is 0.319 e. The number of ether oxygens (including phenoxy) is 1. The van der Waals surface area contributed by atoms with Crippen molar-refractivity contribution >= 4 is 23.5 Å². The molecule has 126 valence electrons. The highest BCUT2D eigenvalue weighted by molar-refractivity contribution is 7.99. The molecule has 6 nitrogen and oxygen atoms in total. The maximum atomic E-state index is 12.2. The fourth-order valence-electron chi connectivity index (χ4n) is 3.28. The van der Waals surface area contributed by atoms with E-state index < -0.39 is 0 Å². The highest BCUT2D eigenvalue weighted by Gasteiger charge is 2.39. The molecular weight excluding hydrogens is 314 g/mol. The second-order valence-electron chi connectivity index (χ2n) is 6.27. The van der Waals surface area contributed by atoms with Crippen molar-refractivity contribution in [3.63, 3.8) is 0 Å². The summed E-state index contributed by atoms with van der Waals surface area (Å²) in [5.41, 5.74) is 0.0170. The number of pyridine rings is 1. The second-order valence-corrected chi connectivity index (χ2v) is 7.49. The number of carbonyl (C=O) groups excluding carboxylic acids is 1. The summed E-state index contributed by atoms with van der Waals surface area (Å²) in [6, 6.07) is 3.13. The summed E-state index contributed by atoms with van der Waals surface area (Å²) < 4.78 is 7.48. The van der Waals surface area contributed by atoms with E-state index in [0.29, 0.717) is 12.3 Å². The Labute approximate surface area is 140 Å². The molecule has 0 saturated carbocycles. The van der Waals surface area contributed by atoms with E-state index in [1.54, 1.807) is 25.4 Å². The number of rotatable bonds is 2. The van der Waals surface area contributed by atoms with Crippen LogP contribution in [-0.2, 0) is 11.8 Å². The first-order chi connectivity index (χ1) is 11.1. The van der Waals surface area contributed by atoms with Crippen LogP contribution in [0.15, 0.2) is 23.1 Å². The summed E-state index contributed by atoms with van der Waals surface area (Å²) in [4.78, 5) is 24.1. The zero-order valence-corrected chi connectivity index (χ0v) is 14.2. The van der Waals surface area contributed by atoms with Crippen LogP contribution in [0.5, 0.6) is 0 Å². The summed E-state index contributed by atoms with van der Waals surface area (Å²) in [6.07, 6.45) is 5.44. The lowest BCUT2D eigenvalue weighted by Gasteiger charge is -2.43. The van der Waals surface area contributed by atoms with Crippen molar-refractivity contribution in [3.05, 3.63) is 28.7 Å². The van der Waals surface area contributed by atoms with E-state index in [2.05, 4.69) is 10.6 Å². The van der Waals surface area contributed by atoms with Crippen LogP contribution in [0.25, 0.3) is 0 Å². The fourth-order valence-corrected chi connectivity index (χ4v) is 4.52. The average molecular weight is 337 g/mol. The number of carbonyl (C=O) groups is 1. The Kier molecular flexibility index (Phi) is 4.96. The number of amides is 2. The van der Waals surface area contributed by atoms with Gasteiger partial charge in [0.25, 0.3) is 5.56 Å². The number of aromatic nitrogens is 1. The smallest absolute Gasteiger partial charge is 0.319 e. The zero-order chi connectivity index (χ0) is 16.3. The monoisotopic (exact) mass is 337 g/mol. The predicted molar refractivity (Wildman–Crippen MR) is 92.1 cm³/mol. The van der Waals surface area contributed by atoms with Gasteiger partial charge in [0.05, 0.1) is 5.60 Å². The minimum absolute atomic E-state index is 0.0652. The number of urea groups is 1. The van der Waals surface area contributed by atoms with E-state index >= 15 is 0 Å². The lowest BCUT2D eigenvalue weighted by molar-refractivity contribution is -0.0915. The highest BCUT2D eigenvalue weighted by Crippen LogP contribution is 2.37. The topological polar surface area (TPSA) is 72.4 Å². The highest BCUT2D eigenvalue weighted by atomic mass is 32.2. The minimum Gasteiger partial charge on any atom is -0.375 e. The van der Waals surface area contributed by atoms with Gasteiger partial charge in [0.15, 0.2) is 0 Å². The Bertz CT molecular complexity index is 620. The molecule has 3 heterocycles. The first-order valence-electron chi connectivity index (χ1n) is 8.03. The van der Waals surface area contributed by atoms with Crippen LogP contribution in [0.1, 0.15) is 25.7 Å². The molecule has 2 amide bonds. The standard InChI is InChI=1S/C16H23N3O3S/c1-19-7-2-3-13(14(19)20)18-15(21)17-12-4-8-22-16(11-12)5-9-23-10-6-16/h2-3,7,12H,4-6,8-11H2,1H3,(H2,17,18,21). The zero-order valence-electron chi connectivity index (χ0n) is 13.3. The lowest BCUT2D eigenvalue weighted by Crippen LogP contribution is -2.51. The van der Waals surface area contributed by atoms with E-state index in [0.717, 1.165) is 37.2 Å². The van der Waals surface area contributed by atoms with E-state index in [1.165, 1.54) is 4.57 Å². The van der Waals surface area contributed by atoms with Gasteiger partial charge < -0.3 is 19.9 Å². The van der Waals surface area contributed by atoms with Crippen LogP contribution in [0.2, 0.25) is 0 Å². The van der Waals surface area contributed by atoms with Crippen molar-refractivity contribution in [1.29, 1.82) is 0 Å². The molecule has 2 saturated heterocycles. The minimum atomic E-state index is -0.319. The molecule has 2 aliphatic rings. The average Bonchev–Trinajstić information content (AvgIpc) is 2.52. The third-order valence-electron chi connectivity index (χ3n) is 4.60. The quantitative estimate of drug-likeness (QED) is 0.865. The molecule has 0 aromatic carbocycles. The third kappa shape index (κ3) is 3.90. The Morgan fingerprint density at radius 1 is 1.43 bits per heavy atom. The maximum absolute atomic E-state index is 12.2. The van der Waals surface area contributed by atoms with Gasteiger partial charge in [0.1, 0.15) is 5.69 Å². The van der Waals surface area contributed by atoms with Gasteiger partial charge in [0.2, 0.25) is 0 Å². The molecule has 1 spiro atoms.